The van der Waals surface area contributed by atoms with Crippen molar-refractivity contribution in [2.24, 2.45) is 0 Å². The van der Waals surface area contributed by atoms with Crippen LogP contribution in [0.2, 0.25) is 0 Å². The van der Waals surface area contributed by atoms with Gasteiger partial charge in [0, 0.05) is 6.04 Å². The van der Waals surface area contributed by atoms with Crippen molar-refractivity contribution in [1.82, 2.24) is 5.32 Å². The standard InChI is InChI=1S/C13H19NO2/c1-4-14-12(8-13(15)16)11-6-9(2)5-10(3)7-11/h5-7,12,14H,4,8H2,1-3H3,(H,15,16). The normalized spacial score (nSPS) is 12.4. The molecule has 3 heteroatoms. The summed E-state index contributed by atoms with van der Waals surface area (Å²) in [5, 5.41) is 12.1. The first-order chi connectivity index (χ1) is 7.52. The highest BCUT2D eigenvalue weighted by Gasteiger charge is 2.14. The molecule has 2 N–H and O–H groups in total. The van der Waals surface area contributed by atoms with E-state index in [9.17, 15) is 4.79 Å². The predicted octanol–water partition coefficient (Wildman–Crippen LogP) is 2.43. The van der Waals surface area contributed by atoms with Crippen molar-refractivity contribution in [2.75, 3.05) is 6.54 Å². The van der Waals surface area contributed by atoms with Crippen LogP contribution in [-0.2, 0) is 4.79 Å². The molecule has 1 atom stereocenters. The van der Waals surface area contributed by atoms with Crippen LogP contribution in [-0.4, -0.2) is 17.6 Å². The number of nitrogens with one attached hydrogen (secondary N) is 1. The lowest BCUT2D eigenvalue weighted by Gasteiger charge is -2.17. The topological polar surface area (TPSA) is 49.3 Å². The van der Waals surface area contributed by atoms with E-state index in [0.29, 0.717) is 0 Å². The fourth-order valence-electron chi connectivity index (χ4n) is 1.94. The zero-order chi connectivity index (χ0) is 12.1. The fourth-order valence-corrected chi connectivity index (χ4v) is 1.94. The first kappa shape index (κ1) is 12.7. The summed E-state index contributed by atoms with van der Waals surface area (Å²) in [6.45, 7) is 6.81. The minimum absolute atomic E-state index is 0.0962. The molecule has 0 aliphatic rings. The molecule has 0 saturated carbocycles. The van der Waals surface area contributed by atoms with Gasteiger partial charge in [-0.15, -0.1) is 0 Å². The maximum atomic E-state index is 10.8. The molecule has 1 aromatic carbocycles. The van der Waals surface area contributed by atoms with E-state index in [-0.39, 0.29) is 12.5 Å². The molecular formula is C13H19NO2. The third kappa shape index (κ3) is 3.66. The molecule has 0 spiro atoms. The first-order valence-corrected chi connectivity index (χ1v) is 5.56. The van der Waals surface area contributed by atoms with Gasteiger partial charge < -0.3 is 10.4 Å². The van der Waals surface area contributed by atoms with Crippen LogP contribution < -0.4 is 5.32 Å². The lowest BCUT2D eigenvalue weighted by molar-refractivity contribution is -0.137. The Hall–Kier alpha value is -1.35. The lowest BCUT2D eigenvalue weighted by Crippen LogP contribution is -2.23. The third-order valence-corrected chi connectivity index (χ3v) is 2.48. The van der Waals surface area contributed by atoms with E-state index in [0.717, 1.165) is 12.1 Å². The molecule has 0 heterocycles. The summed E-state index contributed by atoms with van der Waals surface area (Å²) >= 11 is 0. The Balaban J connectivity index is 2.95. The van der Waals surface area contributed by atoms with Crippen LogP contribution in [0, 0.1) is 13.8 Å². The molecule has 16 heavy (non-hydrogen) atoms. The zero-order valence-electron chi connectivity index (χ0n) is 10.1. The number of aryl methyl sites for hydroxylation is 2. The number of hydrogen-bond acceptors (Lipinski definition) is 2. The molecule has 1 rings (SSSR count). The van der Waals surface area contributed by atoms with Crippen LogP contribution in [0.4, 0.5) is 0 Å². The van der Waals surface area contributed by atoms with Gasteiger partial charge in [0.05, 0.1) is 6.42 Å². The predicted molar refractivity (Wildman–Crippen MR) is 64.6 cm³/mol. The number of hydrogen-bond donors (Lipinski definition) is 2. The van der Waals surface area contributed by atoms with Crippen molar-refractivity contribution >= 4 is 5.97 Å². The van der Waals surface area contributed by atoms with Crippen molar-refractivity contribution in [2.45, 2.75) is 33.2 Å². The quantitative estimate of drug-likeness (QED) is 0.802. The summed E-state index contributed by atoms with van der Waals surface area (Å²) in [4.78, 5) is 10.8. The van der Waals surface area contributed by atoms with Gasteiger partial charge in [0.25, 0.3) is 0 Å². The Morgan fingerprint density at radius 3 is 2.31 bits per heavy atom. The van der Waals surface area contributed by atoms with Crippen molar-refractivity contribution in [3.63, 3.8) is 0 Å². The Bertz CT molecular complexity index is 354. The monoisotopic (exact) mass is 221 g/mol. The van der Waals surface area contributed by atoms with Crippen molar-refractivity contribution in [3.05, 3.63) is 34.9 Å². The molecule has 0 aliphatic carbocycles. The highest BCUT2D eigenvalue weighted by molar-refractivity contribution is 5.68. The van der Waals surface area contributed by atoms with E-state index in [4.69, 9.17) is 5.11 Å². The SMILES string of the molecule is CCNC(CC(=O)O)c1cc(C)cc(C)c1. The number of carboxylic acid groups (broad SMARTS) is 1. The number of benzene rings is 1. The lowest BCUT2D eigenvalue weighted by atomic mass is 9.99. The van der Waals surface area contributed by atoms with Crippen molar-refractivity contribution in [3.8, 4) is 0 Å². The van der Waals surface area contributed by atoms with Crippen LogP contribution in [0.1, 0.15) is 36.1 Å². The van der Waals surface area contributed by atoms with Gasteiger partial charge in [-0.25, -0.2) is 0 Å². The van der Waals surface area contributed by atoms with Gasteiger partial charge in [-0.1, -0.05) is 36.2 Å². The fraction of sp³-hybridized carbons (Fsp3) is 0.462. The molecule has 1 unspecified atom stereocenters. The molecule has 1 aromatic rings. The van der Waals surface area contributed by atoms with E-state index in [1.54, 1.807) is 0 Å². The number of carbonyl (C=O) groups is 1. The Morgan fingerprint density at radius 1 is 1.31 bits per heavy atom. The highest BCUT2D eigenvalue weighted by Crippen LogP contribution is 2.19. The van der Waals surface area contributed by atoms with E-state index in [1.165, 1.54) is 11.1 Å². The van der Waals surface area contributed by atoms with Gasteiger partial charge in [0.2, 0.25) is 0 Å². The van der Waals surface area contributed by atoms with Gasteiger partial charge in [-0.2, -0.15) is 0 Å². The molecule has 0 amide bonds. The smallest absolute Gasteiger partial charge is 0.305 e. The second-order valence-electron chi connectivity index (χ2n) is 4.13. The minimum atomic E-state index is -0.773. The van der Waals surface area contributed by atoms with Gasteiger partial charge in [-0.05, 0) is 26.0 Å². The maximum absolute atomic E-state index is 10.8. The van der Waals surface area contributed by atoms with E-state index in [2.05, 4.69) is 11.4 Å². The third-order valence-electron chi connectivity index (χ3n) is 2.48. The summed E-state index contributed by atoms with van der Waals surface area (Å²) < 4.78 is 0. The first-order valence-electron chi connectivity index (χ1n) is 5.56. The molecule has 88 valence electrons. The van der Waals surface area contributed by atoms with E-state index in [1.807, 2.05) is 32.9 Å². The molecule has 3 nitrogen and oxygen atoms in total. The number of rotatable bonds is 5. The van der Waals surface area contributed by atoms with Gasteiger partial charge >= 0.3 is 5.97 Å². The average molecular weight is 221 g/mol. The second-order valence-corrected chi connectivity index (χ2v) is 4.13. The van der Waals surface area contributed by atoms with E-state index < -0.39 is 5.97 Å². The van der Waals surface area contributed by atoms with Crippen LogP contribution in [0.3, 0.4) is 0 Å². The largest absolute Gasteiger partial charge is 0.481 e. The average Bonchev–Trinajstić information content (AvgIpc) is 2.14. The molecular weight excluding hydrogens is 202 g/mol. The Morgan fingerprint density at radius 2 is 1.88 bits per heavy atom. The molecule has 0 bridgehead atoms. The number of aliphatic carboxylic acids is 1. The molecule has 0 radical (unpaired) electrons. The summed E-state index contributed by atoms with van der Waals surface area (Å²) in [5.41, 5.74) is 3.40. The molecule has 0 aromatic heterocycles. The Labute approximate surface area is 96.5 Å². The van der Waals surface area contributed by atoms with Crippen LogP contribution in [0.5, 0.6) is 0 Å². The summed E-state index contributed by atoms with van der Waals surface area (Å²) in [5.74, 6) is -0.773. The van der Waals surface area contributed by atoms with Crippen LogP contribution in [0.15, 0.2) is 18.2 Å². The summed E-state index contributed by atoms with van der Waals surface area (Å²) in [6.07, 6.45) is 0.122. The molecule has 0 fully saturated rings. The minimum Gasteiger partial charge on any atom is -0.481 e. The second kappa shape index (κ2) is 5.66. The maximum Gasteiger partial charge on any atom is 0.305 e. The zero-order valence-corrected chi connectivity index (χ0v) is 10.1. The van der Waals surface area contributed by atoms with Gasteiger partial charge in [-0.3, -0.25) is 4.79 Å². The van der Waals surface area contributed by atoms with Crippen LogP contribution >= 0.6 is 0 Å². The Kier molecular flexibility index (Phi) is 4.50. The summed E-state index contributed by atoms with van der Waals surface area (Å²) in [6, 6.07) is 6.08. The summed E-state index contributed by atoms with van der Waals surface area (Å²) in [7, 11) is 0. The van der Waals surface area contributed by atoms with Crippen molar-refractivity contribution in [1.29, 1.82) is 0 Å². The van der Waals surface area contributed by atoms with Crippen LogP contribution in [0.25, 0.3) is 0 Å². The molecule has 0 aliphatic heterocycles. The van der Waals surface area contributed by atoms with Crippen molar-refractivity contribution < 1.29 is 9.90 Å². The molecule has 0 saturated heterocycles. The van der Waals surface area contributed by atoms with Gasteiger partial charge in [0.1, 0.15) is 0 Å². The highest BCUT2D eigenvalue weighted by atomic mass is 16.4. The number of carboxylic acids is 1. The van der Waals surface area contributed by atoms with E-state index >= 15 is 0 Å². The van der Waals surface area contributed by atoms with Gasteiger partial charge in [0.15, 0.2) is 0 Å².